The number of methoxy groups -OCH3 is 1. The van der Waals surface area contributed by atoms with E-state index in [9.17, 15) is 4.79 Å². The van der Waals surface area contributed by atoms with Crippen LogP contribution < -0.4 is 14.8 Å². The summed E-state index contributed by atoms with van der Waals surface area (Å²) < 4.78 is 10.8. The minimum absolute atomic E-state index is 0.0414. The Kier molecular flexibility index (Phi) is 7.07. The number of benzene rings is 2. The lowest BCUT2D eigenvalue weighted by atomic mass is 9.96. The van der Waals surface area contributed by atoms with Gasteiger partial charge in [0.15, 0.2) is 0 Å². The molecule has 0 aliphatic heterocycles. The van der Waals surface area contributed by atoms with Crippen molar-refractivity contribution in [2.45, 2.75) is 40.2 Å². The highest BCUT2D eigenvalue weighted by molar-refractivity contribution is 5.94. The largest absolute Gasteiger partial charge is 0.497 e. The summed E-state index contributed by atoms with van der Waals surface area (Å²) in [6, 6.07) is 13.4. The van der Waals surface area contributed by atoms with E-state index < -0.39 is 0 Å². The van der Waals surface area contributed by atoms with Crippen molar-refractivity contribution in [2.24, 2.45) is 5.92 Å². The summed E-state index contributed by atoms with van der Waals surface area (Å²) in [6.45, 7) is 8.83. The number of carbonyl (C=O) groups is 1. The monoisotopic (exact) mass is 355 g/mol. The molecule has 0 fully saturated rings. The van der Waals surface area contributed by atoms with E-state index in [4.69, 9.17) is 9.47 Å². The lowest BCUT2D eigenvalue weighted by molar-refractivity contribution is 0.0932. The fourth-order valence-corrected chi connectivity index (χ4v) is 2.94. The van der Waals surface area contributed by atoms with Gasteiger partial charge in [-0.15, -0.1) is 0 Å². The predicted molar refractivity (Wildman–Crippen MR) is 105 cm³/mol. The minimum Gasteiger partial charge on any atom is -0.497 e. The number of carbonyl (C=O) groups excluding carboxylic acids is 1. The number of aryl methyl sites for hydroxylation is 1. The van der Waals surface area contributed by atoms with Gasteiger partial charge in [0.1, 0.15) is 11.5 Å². The molecule has 0 heterocycles. The Morgan fingerprint density at radius 1 is 1.12 bits per heavy atom. The molecule has 0 radical (unpaired) electrons. The molecule has 1 amide bonds. The molecule has 0 bridgehead atoms. The first-order valence-corrected chi connectivity index (χ1v) is 9.12. The Labute approximate surface area is 156 Å². The third-order valence-corrected chi connectivity index (χ3v) is 4.27. The molecule has 0 saturated heterocycles. The molecule has 2 rings (SSSR count). The normalized spacial score (nSPS) is 11.9. The Hall–Kier alpha value is -2.49. The van der Waals surface area contributed by atoms with Crippen molar-refractivity contribution in [1.29, 1.82) is 0 Å². The van der Waals surface area contributed by atoms with Crippen LogP contribution in [-0.2, 0) is 0 Å². The van der Waals surface area contributed by atoms with Gasteiger partial charge in [0, 0.05) is 5.56 Å². The molecule has 0 saturated carbocycles. The maximum Gasteiger partial charge on any atom is 0.251 e. The van der Waals surface area contributed by atoms with E-state index in [0.29, 0.717) is 18.1 Å². The molecule has 1 atom stereocenters. The molecule has 4 nitrogen and oxygen atoms in total. The van der Waals surface area contributed by atoms with Crippen molar-refractivity contribution in [3.8, 4) is 11.5 Å². The summed E-state index contributed by atoms with van der Waals surface area (Å²) in [5.74, 6) is 2.02. The second-order valence-corrected chi connectivity index (χ2v) is 6.84. The van der Waals surface area contributed by atoms with E-state index in [1.165, 1.54) is 0 Å². The van der Waals surface area contributed by atoms with E-state index in [1.54, 1.807) is 7.11 Å². The third-order valence-electron chi connectivity index (χ3n) is 4.27. The first kappa shape index (κ1) is 19.8. The number of hydrogen-bond acceptors (Lipinski definition) is 3. The molecule has 0 aliphatic rings. The van der Waals surface area contributed by atoms with Gasteiger partial charge in [0.05, 0.1) is 19.8 Å². The number of nitrogens with one attached hydrogen (secondary N) is 1. The van der Waals surface area contributed by atoms with Gasteiger partial charge >= 0.3 is 0 Å². The maximum absolute atomic E-state index is 12.8. The zero-order chi connectivity index (χ0) is 19.1. The summed E-state index contributed by atoms with van der Waals surface area (Å²) in [6.07, 6.45) is 0.869. The fourth-order valence-electron chi connectivity index (χ4n) is 2.94. The number of ether oxygens (including phenoxy) is 2. The molecule has 0 aliphatic carbocycles. The first-order chi connectivity index (χ1) is 12.4. The Balaban J connectivity index is 2.18. The van der Waals surface area contributed by atoms with Crippen LogP contribution in [0.4, 0.5) is 0 Å². The van der Waals surface area contributed by atoms with Crippen molar-refractivity contribution < 1.29 is 14.3 Å². The zero-order valence-electron chi connectivity index (χ0n) is 16.3. The van der Waals surface area contributed by atoms with Gasteiger partial charge in [-0.2, -0.15) is 0 Å². The lowest BCUT2D eigenvalue weighted by Crippen LogP contribution is -2.29. The smallest absolute Gasteiger partial charge is 0.251 e. The summed E-state index contributed by atoms with van der Waals surface area (Å²) in [5, 5.41) is 3.18. The van der Waals surface area contributed by atoms with E-state index in [-0.39, 0.29) is 11.9 Å². The molecular formula is C22H29NO3. The highest BCUT2D eigenvalue weighted by Gasteiger charge is 2.18. The van der Waals surface area contributed by atoms with Crippen molar-refractivity contribution in [3.05, 3.63) is 59.2 Å². The molecule has 2 aromatic carbocycles. The highest BCUT2D eigenvalue weighted by atomic mass is 16.5. The van der Waals surface area contributed by atoms with Crippen molar-refractivity contribution in [2.75, 3.05) is 13.7 Å². The quantitative estimate of drug-likeness (QED) is 0.731. The van der Waals surface area contributed by atoms with E-state index in [1.807, 2.05) is 56.3 Å². The number of hydrogen-bond donors (Lipinski definition) is 1. The van der Waals surface area contributed by atoms with Crippen LogP contribution in [0.3, 0.4) is 0 Å². The van der Waals surface area contributed by atoms with Crippen LogP contribution in [0.2, 0.25) is 0 Å². The molecule has 0 aromatic heterocycles. The van der Waals surface area contributed by atoms with Gasteiger partial charge in [0.2, 0.25) is 0 Å². The van der Waals surface area contributed by atoms with Gasteiger partial charge in [-0.05, 0) is 67.6 Å². The van der Waals surface area contributed by atoms with Crippen LogP contribution in [0.15, 0.2) is 42.5 Å². The van der Waals surface area contributed by atoms with Crippen LogP contribution >= 0.6 is 0 Å². The van der Waals surface area contributed by atoms with E-state index in [0.717, 1.165) is 29.0 Å². The van der Waals surface area contributed by atoms with E-state index >= 15 is 0 Å². The van der Waals surface area contributed by atoms with E-state index in [2.05, 4.69) is 19.2 Å². The van der Waals surface area contributed by atoms with Crippen LogP contribution in [0.5, 0.6) is 11.5 Å². The van der Waals surface area contributed by atoms with Gasteiger partial charge in [-0.25, -0.2) is 0 Å². The van der Waals surface area contributed by atoms with Gasteiger partial charge in [-0.3, -0.25) is 4.79 Å². The predicted octanol–water partition coefficient (Wildman–Crippen LogP) is 4.92. The van der Waals surface area contributed by atoms with Gasteiger partial charge < -0.3 is 14.8 Å². The molecule has 140 valence electrons. The molecular weight excluding hydrogens is 326 g/mol. The molecule has 4 heteroatoms. The number of amides is 1. The SMILES string of the molecule is CCOc1ccc(C(=O)N[C@@H](CC(C)C)c2ccc(OC)cc2)cc1C. The fraction of sp³-hybridized carbons (Fsp3) is 0.409. The summed E-state index contributed by atoms with van der Waals surface area (Å²) >= 11 is 0. The molecule has 2 aromatic rings. The van der Waals surface area contributed by atoms with Crippen LogP contribution in [-0.4, -0.2) is 19.6 Å². The molecule has 0 unspecified atom stereocenters. The van der Waals surface area contributed by atoms with Crippen LogP contribution in [0.25, 0.3) is 0 Å². The zero-order valence-corrected chi connectivity index (χ0v) is 16.3. The Morgan fingerprint density at radius 2 is 1.81 bits per heavy atom. The Morgan fingerprint density at radius 3 is 2.35 bits per heavy atom. The Bertz CT molecular complexity index is 723. The molecule has 1 N–H and O–H groups in total. The van der Waals surface area contributed by atoms with Gasteiger partial charge in [0.25, 0.3) is 5.91 Å². The second-order valence-electron chi connectivity index (χ2n) is 6.84. The average Bonchev–Trinajstić information content (AvgIpc) is 2.62. The minimum atomic E-state index is -0.0717. The molecule has 26 heavy (non-hydrogen) atoms. The highest BCUT2D eigenvalue weighted by Crippen LogP contribution is 2.25. The first-order valence-electron chi connectivity index (χ1n) is 9.12. The summed E-state index contributed by atoms with van der Waals surface area (Å²) in [7, 11) is 1.65. The third kappa shape index (κ3) is 5.25. The van der Waals surface area contributed by atoms with Crippen LogP contribution in [0.1, 0.15) is 54.7 Å². The standard InChI is InChI=1S/C22H29NO3/c1-6-26-21-12-9-18(14-16(21)4)22(24)23-20(13-15(2)3)17-7-10-19(25-5)11-8-17/h7-12,14-15,20H,6,13H2,1-5H3,(H,23,24)/t20-/m0/s1. The lowest BCUT2D eigenvalue weighted by Gasteiger charge is -2.22. The van der Waals surface area contributed by atoms with Crippen molar-refractivity contribution in [3.63, 3.8) is 0 Å². The summed E-state index contributed by atoms with van der Waals surface area (Å²) in [5.41, 5.74) is 2.69. The van der Waals surface area contributed by atoms with Crippen molar-refractivity contribution in [1.82, 2.24) is 5.32 Å². The maximum atomic E-state index is 12.8. The number of rotatable bonds is 8. The van der Waals surface area contributed by atoms with Gasteiger partial charge in [-0.1, -0.05) is 26.0 Å². The second kappa shape index (κ2) is 9.27. The van der Waals surface area contributed by atoms with Crippen LogP contribution in [0, 0.1) is 12.8 Å². The van der Waals surface area contributed by atoms with Crippen molar-refractivity contribution >= 4 is 5.91 Å². The average molecular weight is 355 g/mol. The molecule has 0 spiro atoms. The topological polar surface area (TPSA) is 47.6 Å². The summed E-state index contributed by atoms with van der Waals surface area (Å²) in [4.78, 5) is 12.8.